The van der Waals surface area contributed by atoms with Crippen molar-refractivity contribution in [3.63, 3.8) is 0 Å². The van der Waals surface area contributed by atoms with Crippen LogP contribution in [0.1, 0.15) is 43.4 Å². The number of amides is 1. The van der Waals surface area contributed by atoms with Crippen LogP contribution in [0, 0.1) is 0 Å². The van der Waals surface area contributed by atoms with Gasteiger partial charge >= 0.3 is 0 Å². The molecule has 0 aliphatic rings. The Morgan fingerprint density at radius 3 is 2.53 bits per heavy atom. The van der Waals surface area contributed by atoms with Gasteiger partial charge in [-0.2, -0.15) is 0 Å². The van der Waals surface area contributed by atoms with Gasteiger partial charge in [0.25, 0.3) is 0 Å². The lowest BCUT2D eigenvalue weighted by Gasteiger charge is -2.19. The highest BCUT2D eigenvalue weighted by Crippen LogP contribution is 2.28. The van der Waals surface area contributed by atoms with Crippen LogP contribution in [0.4, 0.5) is 5.69 Å². The van der Waals surface area contributed by atoms with Gasteiger partial charge in [0.15, 0.2) is 0 Å². The topological polar surface area (TPSA) is 114 Å². The summed E-state index contributed by atoms with van der Waals surface area (Å²) in [5, 5.41) is 26.9. The molecule has 0 saturated carbocycles. The lowest BCUT2D eigenvalue weighted by atomic mass is 10.0. The zero-order chi connectivity index (χ0) is 22.2. The SMILES string of the molecule is CCCCC(=O)Nc1ccc(CCNC(CO)c2ccc(O)c3[nH]c(=O)ccc23)cc1.Cl. The number of H-pyrrole nitrogens is 1. The molecule has 7 nitrogen and oxygen atoms in total. The van der Waals surface area contributed by atoms with Gasteiger partial charge in [-0.3, -0.25) is 9.59 Å². The molecular formula is C24H30ClN3O4. The van der Waals surface area contributed by atoms with Crippen molar-refractivity contribution in [2.24, 2.45) is 0 Å². The number of hydrogen-bond donors (Lipinski definition) is 5. The molecule has 1 amide bonds. The van der Waals surface area contributed by atoms with Crippen LogP contribution in [0.25, 0.3) is 10.9 Å². The highest BCUT2D eigenvalue weighted by molar-refractivity contribution is 5.90. The summed E-state index contributed by atoms with van der Waals surface area (Å²) >= 11 is 0. The van der Waals surface area contributed by atoms with Gasteiger partial charge in [-0.15, -0.1) is 12.4 Å². The molecule has 0 aliphatic carbocycles. The van der Waals surface area contributed by atoms with Gasteiger partial charge in [0.1, 0.15) is 5.75 Å². The fraction of sp³-hybridized carbons (Fsp3) is 0.333. The number of hydrogen-bond acceptors (Lipinski definition) is 5. The molecule has 0 aliphatic heterocycles. The number of halogens is 1. The van der Waals surface area contributed by atoms with Crippen LogP contribution >= 0.6 is 12.4 Å². The second kappa shape index (κ2) is 12.2. The number of aromatic amines is 1. The quantitative estimate of drug-likeness (QED) is 0.317. The maximum atomic E-state index is 11.8. The van der Waals surface area contributed by atoms with Crippen molar-refractivity contribution in [2.75, 3.05) is 18.5 Å². The lowest BCUT2D eigenvalue weighted by Crippen LogP contribution is -2.27. The van der Waals surface area contributed by atoms with Crippen LogP contribution in [0.2, 0.25) is 0 Å². The highest BCUT2D eigenvalue weighted by atomic mass is 35.5. The van der Waals surface area contributed by atoms with E-state index in [0.29, 0.717) is 23.9 Å². The van der Waals surface area contributed by atoms with Gasteiger partial charge in [-0.25, -0.2) is 0 Å². The Morgan fingerprint density at radius 1 is 1.09 bits per heavy atom. The number of nitrogens with one attached hydrogen (secondary N) is 3. The monoisotopic (exact) mass is 459 g/mol. The normalized spacial score (nSPS) is 11.7. The zero-order valence-electron chi connectivity index (χ0n) is 18.1. The lowest BCUT2D eigenvalue weighted by molar-refractivity contribution is -0.116. The predicted molar refractivity (Wildman–Crippen MR) is 130 cm³/mol. The van der Waals surface area contributed by atoms with Crippen molar-refractivity contribution in [3.05, 3.63) is 70.0 Å². The van der Waals surface area contributed by atoms with Crippen LogP contribution < -0.4 is 16.2 Å². The average Bonchev–Trinajstić information content (AvgIpc) is 2.77. The number of benzene rings is 2. The minimum atomic E-state index is -0.342. The summed E-state index contributed by atoms with van der Waals surface area (Å²) < 4.78 is 0. The van der Waals surface area contributed by atoms with Crippen molar-refractivity contribution >= 4 is 34.9 Å². The molecule has 0 fully saturated rings. The summed E-state index contributed by atoms with van der Waals surface area (Å²) in [6.45, 7) is 2.56. The first-order valence-corrected chi connectivity index (χ1v) is 10.6. The molecule has 0 radical (unpaired) electrons. The van der Waals surface area contributed by atoms with E-state index in [2.05, 4.69) is 22.5 Å². The number of unbranched alkanes of at least 4 members (excludes halogenated alkanes) is 1. The second-order valence-electron chi connectivity index (χ2n) is 7.57. The Bertz CT molecular complexity index is 1080. The second-order valence-corrected chi connectivity index (χ2v) is 7.57. The van der Waals surface area contributed by atoms with Gasteiger partial charge in [0, 0.05) is 23.6 Å². The summed E-state index contributed by atoms with van der Waals surface area (Å²) in [5.41, 5.74) is 2.77. The zero-order valence-corrected chi connectivity index (χ0v) is 18.9. The Hall–Kier alpha value is -2.87. The van der Waals surface area contributed by atoms with E-state index in [0.717, 1.165) is 36.1 Å². The number of aromatic nitrogens is 1. The van der Waals surface area contributed by atoms with Gasteiger partial charge in [0.05, 0.1) is 18.2 Å². The van der Waals surface area contributed by atoms with Crippen molar-refractivity contribution in [1.82, 2.24) is 10.3 Å². The number of aromatic hydroxyl groups is 1. The number of aliphatic hydroxyl groups is 1. The molecule has 0 saturated heterocycles. The molecule has 172 valence electrons. The first-order valence-electron chi connectivity index (χ1n) is 10.6. The fourth-order valence-corrected chi connectivity index (χ4v) is 3.54. The van der Waals surface area contributed by atoms with Crippen molar-refractivity contribution < 1.29 is 15.0 Å². The van der Waals surface area contributed by atoms with E-state index < -0.39 is 0 Å². The molecule has 3 rings (SSSR count). The van der Waals surface area contributed by atoms with Gasteiger partial charge in [0.2, 0.25) is 11.5 Å². The van der Waals surface area contributed by atoms with Crippen LogP contribution in [-0.2, 0) is 11.2 Å². The number of pyridine rings is 1. The molecule has 8 heteroatoms. The van der Waals surface area contributed by atoms with Gasteiger partial charge < -0.3 is 25.8 Å². The molecule has 32 heavy (non-hydrogen) atoms. The molecule has 1 aromatic heterocycles. The number of phenols is 1. The molecule has 1 unspecified atom stereocenters. The Morgan fingerprint density at radius 2 is 1.84 bits per heavy atom. The van der Waals surface area contributed by atoms with Crippen LogP contribution in [0.3, 0.4) is 0 Å². The number of anilines is 1. The first-order chi connectivity index (χ1) is 15.0. The molecule has 0 bridgehead atoms. The molecule has 5 N–H and O–H groups in total. The Balaban J connectivity index is 0.00000363. The van der Waals surface area contributed by atoms with E-state index in [4.69, 9.17) is 0 Å². The Kier molecular flexibility index (Phi) is 9.71. The Labute approximate surface area is 193 Å². The van der Waals surface area contributed by atoms with Crippen molar-refractivity contribution in [2.45, 2.75) is 38.6 Å². The standard InChI is InChI=1S/C24H29N3O4.ClH/c1-2-3-4-22(30)26-17-7-5-16(6-8-17)13-14-25-20(15-28)18-9-11-21(29)24-19(18)10-12-23(31)27-24;/h5-12,20,25,28-29H,2-4,13-15H2,1H3,(H,26,30)(H,27,31);1H. The van der Waals surface area contributed by atoms with E-state index in [1.54, 1.807) is 12.1 Å². The maximum absolute atomic E-state index is 11.8. The number of carbonyl (C=O) groups excluding carboxylic acids is 1. The summed E-state index contributed by atoms with van der Waals surface area (Å²) in [6, 6.07) is 13.7. The smallest absolute Gasteiger partial charge is 0.248 e. The fourth-order valence-electron chi connectivity index (χ4n) is 3.54. The van der Waals surface area contributed by atoms with E-state index in [1.807, 2.05) is 24.3 Å². The minimum absolute atomic E-state index is 0. The van der Waals surface area contributed by atoms with Crippen LogP contribution in [-0.4, -0.2) is 34.3 Å². The number of carbonyl (C=O) groups is 1. The number of phenolic OH excluding ortho intramolecular Hbond substituents is 1. The summed E-state index contributed by atoms with van der Waals surface area (Å²) in [4.78, 5) is 26.1. The summed E-state index contributed by atoms with van der Waals surface area (Å²) in [6.07, 6.45) is 3.15. The molecule has 2 aromatic carbocycles. The van der Waals surface area contributed by atoms with E-state index in [-0.39, 0.29) is 42.3 Å². The third-order valence-corrected chi connectivity index (χ3v) is 5.26. The highest BCUT2D eigenvalue weighted by Gasteiger charge is 2.15. The molecule has 1 heterocycles. The minimum Gasteiger partial charge on any atom is -0.506 e. The van der Waals surface area contributed by atoms with Crippen molar-refractivity contribution in [3.8, 4) is 5.75 Å². The first kappa shape index (κ1) is 25.4. The van der Waals surface area contributed by atoms with Crippen LogP contribution in [0.15, 0.2) is 53.3 Å². The summed E-state index contributed by atoms with van der Waals surface area (Å²) in [5.74, 6) is 0.0274. The van der Waals surface area contributed by atoms with E-state index in [1.165, 1.54) is 12.1 Å². The molecular weight excluding hydrogens is 430 g/mol. The maximum Gasteiger partial charge on any atom is 0.248 e. The van der Waals surface area contributed by atoms with E-state index >= 15 is 0 Å². The molecule has 3 aromatic rings. The van der Waals surface area contributed by atoms with Gasteiger partial charge in [-0.05, 0) is 54.8 Å². The predicted octanol–water partition coefficient (Wildman–Crippen LogP) is 3.65. The summed E-state index contributed by atoms with van der Waals surface area (Å²) in [7, 11) is 0. The third kappa shape index (κ3) is 6.56. The van der Waals surface area contributed by atoms with E-state index in [9.17, 15) is 19.8 Å². The number of rotatable bonds is 10. The van der Waals surface area contributed by atoms with Crippen molar-refractivity contribution in [1.29, 1.82) is 0 Å². The van der Waals surface area contributed by atoms with Gasteiger partial charge in [-0.1, -0.05) is 31.5 Å². The average molecular weight is 460 g/mol. The molecule has 1 atom stereocenters. The molecule has 0 spiro atoms. The number of fused-ring (bicyclic) bond motifs is 1. The third-order valence-electron chi connectivity index (χ3n) is 5.26. The van der Waals surface area contributed by atoms with Crippen LogP contribution in [0.5, 0.6) is 5.75 Å². The number of aliphatic hydroxyl groups excluding tert-OH is 1. The largest absolute Gasteiger partial charge is 0.506 e.